The summed E-state index contributed by atoms with van der Waals surface area (Å²) in [4.78, 5) is 22.8. The van der Waals surface area contributed by atoms with Crippen molar-refractivity contribution >= 4 is 20.4 Å². The van der Waals surface area contributed by atoms with Gasteiger partial charge in [-0.3, -0.25) is 4.79 Å². The highest BCUT2D eigenvalue weighted by Gasteiger charge is 2.32. The number of carbonyl (C=O) groups excluding carboxylic acids is 2. The predicted molar refractivity (Wildman–Crippen MR) is 103 cm³/mol. The fourth-order valence-electron chi connectivity index (χ4n) is 3.07. The minimum atomic E-state index is -1.26. The summed E-state index contributed by atoms with van der Waals surface area (Å²) in [5.41, 5.74) is 0. The molecule has 1 rings (SSSR count). The molecule has 0 aliphatic heterocycles. The molecule has 1 atom stereocenters. The van der Waals surface area contributed by atoms with E-state index in [-0.39, 0.29) is 24.2 Å². The third-order valence-corrected chi connectivity index (χ3v) is 6.46. The molecule has 8 nitrogen and oxygen atoms in total. The Balaban J connectivity index is 2.60. The number of hydrogen-bond acceptors (Lipinski definition) is 7. The molecular weight excluding hydrogens is 369 g/mol. The van der Waals surface area contributed by atoms with Gasteiger partial charge in [0.05, 0.1) is 32.3 Å². The Hall–Kier alpha value is -1.26. The molecule has 1 fully saturated rings. The Bertz CT molecular complexity index is 508. The molecule has 0 saturated heterocycles. The lowest BCUT2D eigenvalue weighted by molar-refractivity contribution is -0.153. The van der Waals surface area contributed by atoms with Gasteiger partial charge in [0.15, 0.2) is 0 Å². The smallest absolute Gasteiger partial charge is 0.396 e. The molecule has 0 aromatic carbocycles. The summed E-state index contributed by atoms with van der Waals surface area (Å²) in [6.07, 6.45) is 3.38. The van der Waals surface area contributed by atoms with E-state index in [1.807, 2.05) is 0 Å². The van der Waals surface area contributed by atoms with Gasteiger partial charge in [-0.1, -0.05) is 0 Å². The maximum atomic E-state index is 11.6. The summed E-state index contributed by atoms with van der Waals surface area (Å²) in [5, 5.41) is 11.5. The molecule has 0 heterocycles. The molecule has 1 amide bonds. The van der Waals surface area contributed by atoms with Gasteiger partial charge in [-0.25, -0.2) is 9.46 Å². The first-order valence-electron chi connectivity index (χ1n) is 9.43. The fraction of sp³-hybridized carbons (Fsp3) is 0.833. The van der Waals surface area contributed by atoms with Crippen molar-refractivity contribution in [3.05, 3.63) is 0 Å². The number of ether oxygens (including phenoxy) is 1. The Morgan fingerprint density at radius 3 is 2.26 bits per heavy atom. The van der Waals surface area contributed by atoms with Gasteiger partial charge in [-0.2, -0.15) is 5.26 Å². The van der Waals surface area contributed by atoms with Gasteiger partial charge in [-0.15, -0.1) is 0 Å². The van der Waals surface area contributed by atoms with Gasteiger partial charge >= 0.3 is 11.9 Å². The fourth-order valence-corrected chi connectivity index (χ4v) is 4.84. The molecule has 0 radical (unpaired) electrons. The first-order valence-corrected chi connectivity index (χ1v) is 10.6. The van der Waals surface area contributed by atoms with Gasteiger partial charge in [0.25, 0.3) is 8.53 Å². The first-order chi connectivity index (χ1) is 12.8. The molecule has 0 bridgehead atoms. The van der Waals surface area contributed by atoms with Gasteiger partial charge < -0.3 is 19.1 Å². The van der Waals surface area contributed by atoms with Crippen LogP contribution in [0.1, 0.15) is 59.8 Å². The molecule has 0 aromatic rings. The Morgan fingerprint density at radius 1 is 1.19 bits per heavy atom. The van der Waals surface area contributed by atoms with Gasteiger partial charge in [0.2, 0.25) is 0 Å². The van der Waals surface area contributed by atoms with Crippen molar-refractivity contribution in [2.45, 2.75) is 84.0 Å². The molecule has 1 aliphatic rings. The van der Waals surface area contributed by atoms with Crippen molar-refractivity contribution in [2.75, 3.05) is 13.7 Å². The molecule has 27 heavy (non-hydrogen) atoms. The van der Waals surface area contributed by atoms with Crippen LogP contribution in [0.3, 0.4) is 0 Å². The second-order valence-electron chi connectivity index (χ2n) is 7.09. The second kappa shape index (κ2) is 12.2. The normalized spacial score (nSPS) is 21.1. The third-order valence-electron chi connectivity index (χ3n) is 4.28. The van der Waals surface area contributed by atoms with Crippen molar-refractivity contribution in [2.24, 2.45) is 0 Å². The molecule has 0 spiro atoms. The predicted octanol–water partition coefficient (Wildman–Crippen LogP) is 2.88. The monoisotopic (exact) mass is 401 g/mol. The van der Waals surface area contributed by atoms with E-state index >= 15 is 0 Å². The number of rotatable bonds is 9. The summed E-state index contributed by atoms with van der Waals surface area (Å²) in [7, 11) is -0.0697. The van der Waals surface area contributed by atoms with Crippen LogP contribution in [-0.2, 0) is 23.4 Å². The summed E-state index contributed by atoms with van der Waals surface area (Å²) in [6.45, 7) is 8.76. The molecule has 1 unspecified atom stereocenters. The lowest BCUT2D eigenvalue weighted by atomic mass is 9.93. The molecule has 1 aliphatic carbocycles. The number of nitriles is 1. The topological polar surface area (TPSA) is 101 Å². The van der Waals surface area contributed by atoms with E-state index < -0.39 is 20.4 Å². The standard InChI is InChI=1S/C18H32N3O5P/c1-13(2)21(14(3)4)27(25-12-6-11-19)26-16-9-7-15(8-10-16)20-17(22)18(23)24-5/h13-16H,6-10,12H2,1-5H3,(H,20,22). The van der Waals surface area contributed by atoms with Crippen molar-refractivity contribution in [1.82, 2.24) is 9.99 Å². The minimum Gasteiger partial charge on any atom is -0.462 e. The molecule has 1 N–H and O–H groups in total. The van der Waals surface area contributed by atoms with Crippen molar-refractivity contribution < 1.29 is 23.4 Å². The number of esters is 1. The van der Waals surface area contributed by atoms with E-state index in [2.05, 4.69) is 48.5 Å². The van der Waals surface area contributed by atoms with Crippen molar-refractivity contribution in [3.8, 4) is 6.07 Å². The maximum absolute atomic E-state index is 11.6. The number of nitrogens with zero attached hydrogens (tertiary/aromatic N) is 2. The number of amides is 1. The summed E-state index contributed by atoms with van der Waals surface area (Å²) >= 11 is 0. The minimum absolute atomic E-state index is 0.0319. The molecule has 0 aromatic heterocycles. The summed E-state index contributed by atoms with van der Waals surface area (Å²) in [6, 6.07) is 2.56. The van der Waals surface area contributed by atoms with Crippen LogP contribution in [0.4, 0.5) is 0 Å². The quantitative estimate of drug-likeness (QED) is 0.274. The van der Waals surface area contributed by atoms with E-state index in [0.717, 1.165) is 25.7 Å². The average molecular weight is 401 g/mol. The van der Waals surface area contributed by atoms with Crippen LogP contribution >= 0.6 is 8.53 Å². The van der Waals surface area contributed by atoms with Gasteiger partial charge in [0.1, 0.15) is 0 Å². The van der Waals surface area contributed by atoms with E-state index in [4.69, 9.17) is 14.3 Å². The van der Waals surface area contributed by atoms with Crippen LogP contribution in [0.15, 0.2) is 0 Å². The summed E-state index contributed by atoms with van der Waals surface area (Å²) in [5.74, 6) is -1.57. The first kappa shape index (κ1) is 23.8. The van der Waals surface area contributed by atoms with Crippen molar-refractivity contribution in [3.63, 3.8) is 0 Å². The van der Waals surface area contributed by atoms with E-state index in [0.29, 0.717) is 13.0 Å². The SMILES string of the molecule is COC(=O)C(=O)NC1CCC(OP(OCCC#N)N(C(C)C)C(C)C)CC1. The van der Waals surface area contributed by atoms with Crippen LogP contribution in [0.25, 0.3) is 0 Å². The van der Waals surface area contributed by atoms with E-state index in [9.17, 15) is 9.59 Å². The molecule has 1 saturated carbocycles. The average Bonchev–Trinajstić information content (AvgIpc) is 2.62. The van der Waals surface area contributed by atoms with Crippen LogP contribution < -0.4 is 5.32 Å². The number of nitrogens with one attached hydrogen (secondary N) is 1. The number of carbonyl (C=O) groups is 2. The second-order valence-corrected chi connectivity index (χ2v) is 8.50. The number of methoxy groups -OCH3 is 1. The summed E-state index contributed by atoms with van der Waals surface area (Å²) < 4.78 is 18.9. The largest absolute Gasteiger partial charge is 0.462 e. The Kier molecular flexibility index (Phi) is 10.8. The van der Waals surface area contributed by atoms with E-state index in [1.165, 1.54) is 7.11 Å². The highest BCUT2D eigenvalue weighted by atomic mass is 31.2. The van der Waals surface area contributed by atoms with E-state index in [1.54, 1.807) is 0 Å². The van der Waals surface area contributed by atoms with Crippen LogP contribution in [0, 0.1) is 11.3 Å². The van der Waals surface area contributed by atoms with Gasteiger partial charge in [0, 0.05) is 18.1 Å². The molecular formula is C18H32N3O5P. The van der Waals surface area contributed by atoms with Crippen LogP contribution in [0.5, 0.6) is 0 Å². The maximum Gasteiger partial charge on any atom is 0.396 e. The molecule has 9 heteroatoms. The lowest BCUT2D eigenvalue weighted by Crippen LogP contribution is -2.43. The van der Waals surface area contributed by atoms with Gasteiger partial charge in [-0.05, 0) is 53.4 Å². The van der Waals surface area contributed by atoms with Crippen molar-refractivity contribution in [1.29, 1.82) is 5.26 Å². The zero-order chi connectivity index (χ0) is 20.4. The van der Waals surface area contributed by atoms with Crippen LogP contribution in [0.2, 0.25) is 0 Å². The number of hydrogen-bond donors (Lipinski definition) is 1. The molecule has 154 valence electrons. The Labute approximate surface area is 163 Å². The highest BCUT2D eigenvalue weighted by Crippen LogP contribution is 2.48. The zero-order valence-electron chi connectivity index (χ0n) is 16.9. The Morgan fingerprint density at radius 2 is 1.78 bits per heavy atom. The van der Waals surface area contributed by atoms with Crippen LogP contribution in [-0.4, -0.2) is 54.5 Å². The lowest BCUT2D eigenvalue weighted by Gasteiger charge is -2.38. The highest BCUT2D eigenvalue weighted by molar-refractivity contribution is 7.44. The third kappa shape index (κ3) is 8.10. The zero-order valence-corrected chi connectivity index (χ0v) is 17.8.